The van der Waals surface area contributed by atoms with Crippen LogP contribution < -0.4 is 10.4 Å². The molecule has 1 heterocycles. The second-order valence-electron chi connectivity index (χ2n) is 5.10. The highest BCUT2D eigenvalue weighted by molar-refractivity contribution is 5.84. The van der Waals surface area contributed by atoms with Gasteiger partial charge >= 0.3 is 17.6 Å². The fraction of sp³-hybridized carbons (Fsp3) is 0.353. The summed E-state index contributed by atoms with van der Waals surface area (Å²) in [5.74, 6) is -0.530. The lowest BCUT2D eigenvalue weighted by molar-refractivity contribution is -0.143. The van der Waals surface area contributed by atoms with E-state index in [1.807, 2.05) is 0 Å². The Morgan fingerprint density at radius 3 is 2.61 bits per heavy atom. The number of carbonyl (C=O) groups is 2. The number of carbonyl (C=O) groups excluding carboxylic acids is 2. The molecule has 0 saturated carbocycles. The van der Waals surface area contributed by atoms with Gasteiger partial charge in [0.15, 0.2) is 0 Å². The number of benzene rings is 1. The molecule has 0 bridgehead atoms. The Morgan fingerprint density at radius 1 is 1.22 bits per heavy atom. The molecule has 0 amide bonds. The molecule has 23 heavy (non-hydrogen) atoms. The number of ether oxygens (including phenoxy) is 2. The minimum absolute atomic E-state index is 0.170. The lowest BCUT2D eigenvalue weighted by Crippen LogP contribution is -2.08. The highest BCUT2D eigenvalue weighted by atomic mass is 16.5. The zero-order valence-electron chi connectivity index (χ0n) is 13.3. The van der Waals surface area contributed by atoms with Gasteiger partial charge in [-0.3, -0.25) is 9.59 Å². The van der Waals surface area contributed by atoms with Gasteiger partial charge in [-0.25, -0.2) is 4.79 Å². The van der Waals surface area contributed by atoms with E-state index in [0.717, 1.165) is 10.9 Å². The number of rotatable bonds is 5. The average molecular weight is 318 g/mol. The maximum atomic E-state index is 11.5. The van der Waals surface area contributed by atoms with Crippen molar-refractivity contribution in [1.82, 2.24) is 0 Å². The van der Waals surface area contributed by atoms with Crippen LogP contribution in [0.2, 0.25) is 0 Å². The Kier molecular flexibility index (Phi) is 5.16. The molecule has 0 fully saturated rings. The fourth-order valence-corrected chi connectivity index (χ4v) is 2.31. The van der Waals surface area contributed by atoms with Crippen LogP contribution in [-0.4, -0.2) is 18.5 Å². The lowest BCUT2D eigenvalue weighted by atomic mass is 10.0. The summed E-state index contributed by atoms with van der Waals surface area (Å²) in [6.07, 6.45) is 0.527. The Balaban J connectivity index is 2.44. The second kappa shape index (κ2) is 7.09. The fourth-order valence-electron chi connectivity index (χ4n) is 2.31. The second-order valence-corrected chi connectivity index (χ2v) is 5.10. The van der Waals surface area contributed by atoms with Gasteiger partial charge in [0.1, 0.15) is 11.3 Å². The topological polar surface area (TPSA) is 82.8 Å². The third kappa shape index (κ3) is 4.18. The standard InChI is InChI=1S/C17H18O6/c1-4-21-16(19)6-5-12-8-13-10(2)7-17(20)23-15(13)9-14(12)22-11(3)18/h7-9H,4-6H2,1-3H3. The third-order valence-corrected chi connectivity index (χ3v) is 3.29. The largest absolute Gasteiger partial charge is 0.466 e. The van der Waals surface area contributed by atoms with Crippen LogP contribution in [0.3, 0.4) is 0 Å². The molecule has 0 unspecified atom stereocenters. The molecule has 6 heteroatoms. The van der Waals surface area contributed by atoms with E-state index in [0.29, 0.717) is 24.2 Å². The summed E-state index contributed by atoms with van der Waals surface area (Å²) in [5.41, 5.74) is 1.30. The van der Waals surface area contributed by atoms with Crippen molar-refractivity contribution >= 4 is 22.9 Å². The first kappa shape index (κ1) is 16.7. The van der Waals surface area contributed by atoms with Gasteiger partial charge in [0.05, 0.1) is 6.61 Å². The molecule has 1 aromatic carbocycles. The molecule has 122 valence electrons. The zero-order valence-corrected chi connectivity index (χ0v) is 13.3. The normalized spacial score (nSPS) is 10.6. The minimum Gasteiger partial charge on any atom is -0.466 e. The van der Waals surface area contributed by atoms with Crippen LogP contribution in [0, 0.1) is 6.92 Å². The van der Waals surface area contributed by atoms with Gasteiger partial charge in [0, 0.05) is 30.9 Å². The molecule has 0 aliphatic rings. The zero-order chi connectivity index (χ0) is 17.0. The number of fused-ring (bicyclic) bond motifs is 1. The van der Waals surface area contributed by atoms with Gasteiger partial charge in [0.25, 0.3) is 0 Å². The maximum absolute atomic E-state index is 11.5. The number of hydrogen-bond donors (Lipinski definition) is 0. The van der Waals surface area contributed by atoms with Crippen molar-refractivity contribution in [2.75, 3.05) is 6.61 Å². The van der Waals surface area contributed by atoms with Crippen molar-refractivity contribution in [1.29, 1.82) is 0 Å². The van der Waals surface area contributed by atoms with Crippen LogP contribution in [0.25, 0.3) is 11.0 Å². The summed E-state index contributed by atoms with van der Waals surface area (Å²) in [6.45, 7) is 5.13. The molecular weight excluding hydrogens is 300 g/mol. The van der Waals surface area contributed by atoms with Gasteiger partial charge in [-0.1, -0.05) is 0 Å². The molecule has 2 aromatic rings. The predicted molar refractivity (Wildman–Crippen MR) is 83.5 cm³/mol. The van der Waals surface area contributed by atoms with Gasteiger partial charge in [-0.05, 0) is 37.5 Å². The summed E-state index contributed by atoms with van der Waals surface area (Å²) < 4.78 is 15.2. The smallest absolute Gasteiger partial charge is 0.336 e. The van der Waals surface area contributed by atoms with E-state index in [-0.39, 0.29) is 18.1 Å². The lowest BCUT2D eigenvalue weighted by Gasteiger charge is -2.11. The van der Waals surface area contributed by atoms with E-state index >= 15 is 0 Å². The third-order valence-electron chi connectivity index (χ3n) is 3.29. The van der Waals surface area contributed by atoms with Gasteiger partial charge < -0.3 is 13.9 Å². The number of esters is 2. The van der Waals surface area contributed by atoms with Crippen LogP contribution in [-0.2, 0) is 20.7 Å². The Hall–Kier alpha value is -2.63. The molecule has 0 atom stereocenters. The highest BCUT2D eigenvalue weighted by Crippen LogP contribution is 2.28. The molecule has 2 rings (SSSR count). The SMILES string of the molecule is CCOC(=O)CCc1cc2c(C)cc(=O)oc2cc1OC(C)=O. The van der Waals surface area contributed by atoms with Crippen molar-refractivity contribution < 1.29 is 23.5 Å². The van der Waals surface area contributed by atoms with E-state index < -0.39 is 11.6 Å². The molecular formula is C17H18O6. The molecule has 0 saturated heterocycles. The van der Waals surface area contributed by atoms with E-state index in [9.17, 15) is 14.4 Å². The van der Waals surface area contributed by atoms with E-state index in [2.05, 4.69) is 0 Å². The van der Waals surface area contributed by atoms with E-state index in [1.54, 1.807) is 19.9 Å². The van der Waals surface area contributed by atoms with Crippen LogP contribution in [0.1, 0.15) is 31.4 Å². The van der Waals surface area contributed by atoms with Crippen molar-refractivity contribution in [3.63, 3.8) is 0 Å². The molecule has 0 N–H and O–H groups in total. The first-order valence-electron chi connectivity index (χ1n) is 7.32. The van der Waals surface area contributed by atoms with Gasteiger partial charge in [-0.15, -0.1) is 0 Å². The van der Waals surface area contributed by atoms with Crippen LogP contribution >= 0.6 is 0 Å². The molecule has 1 aromatic heterocycles. The van der Waals surface area contributed by atoms with Crippen molar-refractivity contribution in [3.8, 4) is 5.75 Å². The van der Waals surface area contributed by atoms with E-state index in [1.165, 1.54) is 19.1 Å². The van der Waals surface area contributed by atoms with E-state index in [4.69, 9.17) is 13.9 Å². The molecule has 0 radical (unpaired) electrons. The Morgan fingerprint density at radius 2 is 1.96 bits per heavy atom. The Bertz CT molecular complexity index is 803. The quantitative estimate of drug-likeness (QED) is 0.478. The van der Waals surface area contributed by atoms with Crippen LogP contribution in [0.4, 0.5) is 0 Å². The molecule has 0 spiro atoms. The van der Waals surface area contributed by atoms with Gasteiger partial charge in [0.2, 0.25) is 0 Å². The number of aryl methyl sites for hydroxylation is 2. The first-order valence-corrected chi connectivity index (χ1v) is 7.32. The summed E-state index contributed by atoms with van der Waals surface area (Å²) >= 11 is 0. The van der Waals surface area contributed by atoms with Crippen molar-refractivity contribution in [3.05, 3.63) is 39.7 Å². The van der Waals surface area contributed by atoms with Crippen LogP contribution in [0.5, 0.6) is 5.75 Å². The predicted octanol–water partition coefficient (Wildman–Crippen LogP) is 2.52. The highest BCUT2D eigenvalue weighted by Gasteiger charge is 2.14. The molecule has 0 aliphatic carbocycles. The molecule has 0 aliphatic heterocycles. The van der Waals surface area contributed by atoms with Gasteiger partial charge in [-0.2, -0.15) is 0 Å². The van der Waals surface area contributed by atoms with Crippen molar-refractivity contribution in [2.45, 2.75) is 33.6 Å². The maximum Gasteiger partial charge on any atom is 0.336 e. The monoisotopic (exact) mass is 318 g/mol. The van der Waals surface area contributed by atoms with Crippen molar-refractivity contribution in [2.24, 2.45) is 0 Å². The first-order chi connectivity index (χ1) is 10.9. The van der Waals surface area contributed by atoms with Crippen LogP contribution in [0.15, 0.2) is 27.4 Å². The average Bonchev–Trinajstić information content (AvgIpc) is 2.44. The summed E-state index contributed by atoms with van der Waals surface area (Å²) in [6, 6.07) is 4.67. The summed E-state index contributed by atoms with van der Waals surface area (Å²) in [5, 5.41) is 0.736. The number of hydrogen-bond acceptors (Lipinski definition) is 6. The summed E-state index contributed by atoms with van der Waals surface area (Å²) in [4.78, 5) is 34.3. The summed E-state index contributed by atoms with van der Waals surface area (Å²) in [7, 11) is 0. The molecule has 6 nitrogen and oxygen atoms in total. The minimum atomic E-state index is -0.489. The Labute approximate surface area is 133 Å².